The van der Waals surface area contributed by atoms with Crippen LogP contribution in [0.4, 0.5) is 5.69 Å². The molecule has 18 heavy (non-hydrogen) atoms. The summed E-state index contributed by atoms with van der Waals surface area (Å²) in [4.78, 5) is 0. The number of rotatable bonds is 2. The molecule has 2 heterocycles. The van der Waals surface area contributed by atoms with Gasteiger partial charge < -0.3 is 15.2 Å². The number of nitrogen functional groups attached to an aromatic ring is 1. The Balaban J connectivity index is 1.65. The number of hydrogen-bond acceptors (Lipinski definition) is 4. The summed E-state index contributed by atoms with van der Waals surface area (Å²) in [6, 6.07) is 10.0. The normalized spacial score (nSPS) is 24.0. The first-order valence-corrected chi connectivity index (χ1v) is 5.91. The van der Waals surface area contributed by atoms with Crippen molar-refractivity contribution in [3.8, 4) is 0 Å². The van der Waals surface area contributed by atoms with Crippen LogP contribution in [0.3, 0.4) is 0 Å². The molecule has 2 N–H and O–H groups in total. The Morgan fingerprint density at radius 2 is 1.89 bits per heavy atom. The van der Waals surface area contributed by atoms with Crippen molar-refractivity contribution in [2.24, 2.45) is 0 Å². The highest BCUT2D eigenvalue weighted by molar-refractivity contribution is 5.30. The molecule has 0 unspecified atom stereocenters. The molecule has 5 nitrogen and oxygen atoms in total. The van der Waals surface area contributed by atoms with Gasteiger partial charge in [-0.1, -0.05) is 30.3 Å². The minimum atomic E-state index is -0.282. The van der Waals surface area contributed by atoms with Gasteiger partial charge >= 0.3 is 0 Å². The largest absolute Gasteiger partial charge is 0.396 e. The summed E-state index contributed by atoms with van der Waals surface area (Å²) in [5.41, 5.74) is 7.33. The molecule has 1 fully saturated rings. The molecule has 1 aliphatic rings. The highest BCUT2D eigenvalue weighted by Gasteiger charge is 2.24. The summed E-state index contributed by atoms with van der Waals surface area (Å²) in [6.45, 7) is 1.14. The van der Waals surface area contributed by atoms with E-state index in [1.807, 2.05) is 30.3 Å². The molecule has 0 atom stereocenters. The Labute approximate surface area is 105 Å². The Kier molecular flexibility index (Phi) is 3.00. The van der Waals surface area contributed by atoms with E-state index in [0.29, 0.717) is 18.9 Å². The maximum absolute atomic E-state index is 5.72. The first kappa shape index (κ1) is 11.3. The minimum Gasteiger partial charge on any atom is -0.396 e. The molecule has 0 radical (unpaired) electrons. The zero-order valence-corrected chi connectivity index (χ0v) is 9.90. The second-order valence-electron chi connectivity index (χ2n) is 4.32. The van der Waals surface area contributed by atoms with Crippen LogP contribution in [0.1, 0.15) is 17.9 Å². The van der Waals surface area contributed by atoms with Crippen LogP contribution in [0, 0.1) is 0 Å². The third kappa shape index (κ3) is 2.23. The van der Waals surface area contributed by atoms with Crippen molar-refractivity contribution >= 4 is 5.69 Å². The van der Waals surface area contributed by atoms with Crippen molar-refractivity contribution in [3.63, 3.8) is 0 Å². The summed E-state index contributed by atoms with van der Waals surface area (Å²) in [5, 5.41) is 4.17. The SMILES string of the molecule is Nc1cnn(C2COC(c3ccccc3)OC2)c1. The fourth-order valence-electron chi connectivity index (χ4n) is 2.00. The van der Waals surface area contributed by atoms with Crippen LogP contribution in [-0.4, -0.2) is 23.0 Å². The van der Waals surface area contributed by atoms with E-state index in [1.54, 1.807) is 17.1 Å². The van der Waals surface area contributed by atoms with Gasteiger partial charge in [0.2, 0.25) is 0 Å². The predicted molar refractivity (Wildman–Crippen MR) is 66.8 cm³/mol. The first-order chi connectivity index (χ1) is 8.83. The topological polar surface area (TPSA) is 62.3 Å². The molecule has 0 aliphatic carbocycles. The van der Waals surface area contributed by atoms with Gasteiger partial charge in [-0.05, 0) is 0 Å². The van der Waals surface area contributed by atoms with Crippen molar-refractivity contribution < 1.29 is 9.47 Å². The number of ether oxygens (including phenoxy) is 2. The molecule has 0 amide bonds. The maximum Gasteiger partial charge on any atom is 0.184 e. The van der Waals surface area contributed by atoms with Gasteiger partial charge in [-0.2, -0.15) is 5.10 Å². The fourth-order valence-corrected chi connectivity index (χ4v) is 2.00. The third-order valence-corrected chi connectivity index (χ3v) is 2.95. The van der Waals surface area contributed by atoms with Crippen LogP contribution in [0.5, 0.6) is 0 Å². The summed E-state index contributed by atoms with van der Waals surface area (Å²) in [6.07, 6.45) is 3.14. The van der Waals surface area contributed by atoms with Gasteiger partial charge in [-0.3, -0.25) is 4.68 Å². The van der Waals surface area contributed by atoms with E-state index in [1.165, 1.54) is 0 Å². The van der Waals surface area contributed by atoms with Crippen LogP contribution in [-0.2, 0) is 9.47 Å². The average Bonchev–Trinajstić information content (AvgIpc) is 2.87. The van der Waals surface area contributed by atoms with Gasteiger partial charge in [0.1, 0.15) is 0 Å². The molecule has 1 aromatic carbocycles. The van der Waals surface area contributed by atoms with E-state index in [-0.39, 0.29) is 12.3 Å². The molecule has 2 aromatic rings. The van der Waals surface area contributed by atoms with Crippen molar-refractivity contribution in [1.82, 2.24) is 9.78 Å². The van der Waals surface area contributed by atoms with Gasteiger partial charge in [0.15, 0.2) is 6.29 Å². The Morgan fingerprint density at radius 3 is 2.50 bits per heavy atom. The van der Waals surface area contributed by atoms with Crippen molar-refractivity contribution in [2.45, 2.75) is 12.3 Å². The van der Waals surface area contributed by atoms with E-state index < -0.39 is 0 Å². The Hall–Kier alpha value is -1.85. The molecule has 0 bridgehead atoms. The first-order valence-electron chi connectivity index (χ1n) is 5.91. The van der Waals surface area contributed by atoms with E-state index in [4.69, 9.17) is 15.2 Å². The summed E-state index contributed by atoms with van der Waals surface area (Å²) < 4.78 is 13.2. The second kappa shape index (κ2) is 4.80. The van der Waals surface area contributed by atoms with Crippen LogP contribution < -0.4 is 5.73 Å². The molecule has 5 heteroatoms. The van der Waals surface area contributed by atoms with Crippen molar-refractivity contribution in [1.29, 1.82) is 0 Å². The lowest BCUT2D eigenvalue weighted by Crippen LogP contribution is -2.29. The number of benzene rings is 1. The van der Waals surface area contributed by atoms with Crippen LogP contribution in [0.25, 0.3) is 0 Å². The van der Waals surface area contributed by atoms with E-state index in [0.717, 1.165) is 5.56 Å². The molecule has 1 saturated heterocycles. The monoisotopic (exact) mass is 245 g/mol. The molecular formula is C13H15N3O2. The standard InChI is InChI=1S/C13H15N3O2/c14-11-6-15-16(7-11)12-8-17-13(18-9-12)10-4-2-1-3-5-10/h1-7,12-13H,8-9,14H2. The summed E-state index contributed by atoms with van der Waals surface area (Å²) in [7, 11) is 0. The number of nitrogens with two attached hydrogens (primary N) is 1. The third-order valence-electron chi connectivity index (χ3n) is 2.95. The second-order valence-corrected chi connectivity index (χ2v) is 4.32. The molecule has 3 rings (SSSR count). The number of anilines is 1. The van der Waals surface area contributed by atoms with Gasteiger partial charge in [0.25, 0.3) is 0 Å². The zero-order chi connectivity index (χ0) is 12.4. The Morgan fingerprint density at radius 1 is 1.17 bits per heavy atom. The molecule has 0 spiro atoms. The predicted octanol–water partition coefficient (Wildman–Crippen LogP) is 1.75. The van der Waals surface area contributed by atoms with Gasteiger partial charge in [0.05, 0.1) is 31.1 Å². The molecular weight excluding hydrogens is 230 g/mol. The summed E-state index contributed by atoms with van der Waals surface area (Å²) in [5.74, 6) is 0. The molecule has 0 saturated carbocycles. The van der Waals surface area contributed by atoms with Gasteiger partial charge in [-0.25, -0.2) is 0 Å². The smallest absolute Gasteiger partial charge is 0.184 e. The zero-order valence-electron chi connectivity index (χ0n) is 9.90. The van der Waals surface area contributed by atoms with E-state index in [9.17, 15) is 0 Å². The minimum absolute atomic E-state index is 0.0854. The highest BCUT2D eigenvalue weighted by atomic mass is 16.7. The van der Waals surface area contributed by atoms with Gasteiger partial charge in [-0.15, -0.1) is 0 Å². The summed E-state index contributed by atoms with van der Waals surface area (Å²) >= 11 is 0. The van der Waals surface area contributed by atoms with Crippen LogP contribution >= 0.6 is 0 Å². The van der Waals surface area contributed by atoms with Gasteiger partial charge in [0, 0.05) is 11.8 Å². The van der Waals surface area contributed by atoms with Crippen molar-refractivity contribution in [2.75, 3.05) is 18.9 Å². The number of nitrogens with zero attached hydrogens (tertiary/aromatic N) is 2. The number of aromatic nitrogens is 2. The molecule has 94 valence electrons. The van der Waals surface area contributed by atoms with Crippen LogP contribution in [0.15, 0.2) is 42.7 Å². The Bertz CT molecular complexity index is 504. The lowest BCUT2D eigenvalue weighted by Gasteiger charge is -2.29. The van der Waals surface area contributed by atoms with E-state index in [2.05, 4.69) is 5.10 Å². The van der Waals surface area contributed by atoms with Crippen molar-refractivity contribution in [3.05, 3.63) is 48.3 Å². The van der Waals surface area contributed by atoms with Crippen LogP contribution in [0.2, 0.25) is 0 Å². The lowest BCUT2D eigenvalue weighted by atomic mass is 10.2. The highest BCUT2D eigenvalue weighted by Crippen LogP contribution is 2.26. The quantitative estimate of drug-likeness (QED) is 0.875. The molecule has 1 aromatic heterocycles. The van der Waals surface area contributed by atoms with E-state index >= 15 is 0 Å². The molecule has 1 aliphatic heterocycles. The lowest BCUT2D eigenvalue weighted by molar-refractivity contribution is -0.202. The fraction of sp³-hybridized carbons (Fsp3) is 0.308. The average molecular weight is 245 g/mol. The number of hydrogen-bond donors (Lipinski definition) is 1. The maximum atomic E-state index is 5.72.